The standard InChI is InChI=1S/C15H25N3O2/c1-5-6-7-10-16-15(20)17-13-12(18(3)4)9-8-11(2)14(13)19/h8-9,19H,5-7,10H2,1-4H3,(H2,16,17,20). The topological polar surface area (TPSA) is 64.6 Å². The Morgan fingerprint density at radius 2 is 2.00 bits per heavy atom. The molecule has 1 aromatic rings. The Morgan fingerprint density at radius 3 is 2.60 bits per heavy atom. The lowest BCUT2D eigenvalue weighted by atomic mass is 10.1. The normalized spacial score (nSPS) is 10.2. The fourth-order valence-electron chi connectivity index (χ4n) is 1.92. The van der Waals surface area contributed by atoms with Gasteiger partial charge in [0.05, 0.1) is 5.69 Å². The van der Waals surface area contributed by atoms with Crippen LogP contribution in [0.3, 0.4) is 0 Å². The molecule has 5 nitrogen and oxygen atoms in total. The first-order valence-electron chi connectivity index (χ1n) is 7.02. The number of nitrogens with one attached hydrogen (secondary N) is 2. The number of nitrogens with zero attached hydrogens (tertiary/aromatic N) is 1. The molecule has 5 heteroatoms. The molecule has 0 radical (unpaired) electrons. The molecular weight excluding hydrogens is 254 g/mol. The molecule has 0 fully saturated rings. The Kier molecular flexibility index (Phi) is 6.15. The SMILES string of the molecule is CCCCCNC(=O)Nc1c(N(C)C)ccc(C)c1O. The molecule has 0 bridgehead atoms. The fourth-order valence-corrected chi connectivity index (χ4v) is 1.92. The molecule has 0 aliphatic heterocycles. The van der Waals surface area contributed by atoms with Crippen molar-refractivity contribution in [3.8, 4) is 5.75 Å². The van der Waals surface area contributed by atoms with E-state index in [4.69, 9.17) is 0 Å². The predicted octanol–water partition coefficient (Wildman–Crippen LogP) is 3.08. The summed E-state index contributed by atoms with van der Waals surface area (Å²) in [5.41, 5.74) is 1.96. The van der Waals surface area contributed by atoms with Crippen LogP contribution < -0.4 is 15.5 Å². The van der Waals surface area contributed by atoms with Crippen molar-refractivity contribution in [3.05, 3.63) is 17.7 Å². The van der Waals surface area contributed by atoms with Crippen molar-refractivity contribution < 1.29 is 9.90 Å². The van der Waals surface area contributed by atoms with Crippen molar-refractivity contribution >= 4 is 17.4 Å². The maximum Gasteiger partial charge on any atom is 0.319 e. The van der Waals surface area contributed by atoms with Crippen LogP contribution in [0, 0.1) is 6.92 Å². The summed E-state index contributed by atoms with van der Waals surface area (Å²) in [6, 6.07) is 3.42. The fraction of sp³-hybridized carbons (Fsp3) is 0.533. The van der Waals surface area contributed by atoms with Crippen molar-refractivity contribution in [3.63, 3.8) is 0 Å². The second kappa shape index (κ2) is 7.62. The van der Waals surface area contributed by atoms with Gasteiger partial charge in [-0.25, -0.2) is 4.79 Å². The van der Waals surface area contributed by atoms with Crippen LogP contribution in [-0.2, 0) is 0 Å². The molecule has 20 heavy (non-hydrogen) atoms. The second-order valence-electron chi connectivity index (χ2n) is 5.11. The largest absolute Gasteiger partial charge is 0.505 e. The number of phenolic OH excluding ortho intramolecular Hbond substituents is 1. The van der Waals surface area contributed by atoms with Gasteiger partial charge < -0.3 is 20.6 Å². The molecule has 0 aliphatic carbocycles. The van der Waals surface area contributed by atoms with Crippen LogP contribution in [0.2, 0.25) is 0 Å². The van der Waals surface area contributed by atoms with Crippen molar-refractivity contribution in [2.45, 2.75) is 33.1 Å². The summed E-state index contributed by atoms with van der Waals surface area (Å²) in [6.45, 7) is 4.57. The van der Waals surface area contributed by atoms with E-state index in [1.165, 1.54) is 0 Å². The number of benzene rings is 1. The molecule has 0 unspecified atom stereocenters. The average molecular weight is 279 g/mol. The van der Waals surface area contributed by atoms with E-state index in [0.717, 1.165) is 30.5 Å². The first-order valence-corrected chi connectivity index (χ1v) is 7.02. The molecule has 0 aromatic heterocycles. The zero-order chi connectivity index (χ0) is 15.1. The number of anilines is 2. The lowest BCUT2D eigenvalue weighted by molar-refractivity contribution is 0.252. The molecule has 2 amide bonds. The van der Waals surface area contributed by atoms with Crippen LogP contribution in [0.25, 0.3) is 0 Å². The predicted molar refractivity (Wildman–Crippen MR) is 83.7 cm³/mol. The zero-order valence-electron chi connectivity index (χ0n) is 12.8. The number of urea groups is 1. The molecule has 0 saturated heterocycles. The summed E-state index contributed by atoms with van der Waals surface area (Å²) in [5.74, 6) is 0.111. The Bertz CT molecular complexity index is 459. The van der Waals surface area contributed by atoms with Gasteiger partial charge in [0.1, 0.15) is 11.4 Å². The number of hydrogen-bond donors (Lipinski definition) is 3. The minimum atomic E-state index is -0.287. The van der Waals surface area contributed by atoms with Crippen LogP contribution >= 0.6 is 0 Å². The molecule has 0 saturated carbocycles. The van der Waals surface area contributed by atoms with Gasteiger partial charge in [0.2, 0.25) is 0 Å². The number of amides is 2. The van der Waals surface area contributed by atoms with Crippen molar-refractivity contribution in [1.29, 1.82) is 0 Å². The summed E-state index contributed by atoms with van der Waals surface area (Å²) in [6.07, 6.45) is 3.18. The van der Waals surface area contributed by atoms with E-state index in [1.807, 2.05) is 31.1 Å². The number of hydrogen-bond acceptors (Lipinski definition) is 3. The van der Waals surface area contributed by atoms with Crippen LogP contribution in [0.1, 0.15) is 31.7 Å². The van der Waals surface area contributed by atoms with Crippen LogP contribution in [0.4, 0.5) is 16.2 Å². The van der Waals surface area contributed by atoms with Gasteiger partial charge in [-0.2, -0.15) is 0 Å². The number of phenols is 1. The van der Waals surface area contributed by atoms with Crippen molar-refractivity contribution in [2.24, 2.45) is 0 Å². The number of carbonyl (C=O) groups is 1. The maximum atomic E-state index is 11.9. The van der Waals surface area contributed by atoms with Gasteiger partial charge in [-0.1, -0.05) is 25.8 Å². The molecular formula is C15H25N3O2. The zero-order valence-corrected chi connectivity index (χ0v) is 12.8. The molecule has 112 valence electrons. The lowest BCUT2D eigenvalue weighted by Gasteiger charge is -2.20. The third-order valence-corrected chi connectivity index (χ3v) is 3.14. The highest BCUT2D eigenvalue weighted by atomic mass is 16.3. The number of aromatic hydroxyl groups is 1. The maximum absolute atomic E-state index is 11.9. The second-order valence-corrected chi connectivity index (χ2v) is 5.11. The number of carbonyl (C=O) groups excluding carboxylic acids is 1. The quantitative estimate of drug-likeness (QED) is 0.554. The van der Waals surface area contributed by atoms with Gasteiger partial charge in [0, 0.05) is 20.6 Å². The van der Waals surface area contributed by atoms with E-state index in [0.29, 0.717) is 12.2 Å². The Morgan fingerprint density at radius 1 is 1.30 bits per heavy atom. The van der Waals surface area contributed by atoms with Gasteiger partial charge >= 0.3 is 6.03 Å². The third-order valence-electron chi connectivity index (χ3n) is 3.14. The molecule has 0 spiro atoms. The molecule has 0 aliphatic rings. The van der Waals surface area contributed by atoms with E-state index < -0.39 is 0 Å². The summed E-state index contributed by atoms with van der Waals surface area (Å²) in [4.78, 5) is 13.7. The molecule has 1 rings (SSSR count). The van der Waals surface area contributed by atoms with Gasteiger partial charge in [0.25, 0.3) is 0 Å². The average Bonchev–Trinajstić information content (AvgIpc) is 2.40. The molecule has 3 N–H and O–H groups in total. The van der Waals surface area contributed by atoms with E-state index in [9.17, 15) is 9.90 Å². The first kappa shape index (κ1) is 16.1. The van der Waals surface area contributed by atoms with E-state index in [1.54, 1.807) is 6.92 Å². The van der Waals surface area contributed by atoms with Crippen LogP contribution in [-0.4, -0.2) is 31.8 Å². The van der Waals surface area contributed by atoms with Crippen LogP contribution in [0.15, 0.2) is 12.1 Å². The highest BCUT2D eigenvalue weighted by molar-refractivity contribution is 5.95. The number of unbranched alkanes of at least 4 members (excludes halogenated alkanes) is 2. The Labute approximate surface area is 121 Å². The van der Waals surface area contributed by atoms with Gasteiger partial charge in [0.15, 0.2) is 0 Å². The highest BCUT2D eigenvalue weighted by Crippen LogP contribution is 2.36. The monoisotopic (exact) mass is 279 g/mol. The van der Waals surface area contributed by atoms with Gasteiger partial charge in [-0.3, -0.25) is 0 Å². The van der Waals surface area contributed by atoms with E-state index in [2.05, 4.69) is 17.6 Å². The Balaban J connectivity index is 2.75. The minimum Gasteiger partial charge on any atom is -0.505 e. The summed E-state index contributed by atoms with van der Waals surface area (Å²) in [5, 5.41) is 15.7. The molecule has 0 atom stereocenters. The number of rotatable bonds is 6. The highest BCUT2D eigenvalue weighted by Gasteiger charge is 2.14. The van der Waals surface area contributed by atoms with Gasteiger partial charge in [-0.15, -0.1) is 0 Å². The lowest BCUT2D eigenvalue weighted by Crippen LogP contribution is -2.30. The molecule has 0 heterocycles. The third kappa shape index (κ3) is 4.33. The minimum absolute atomic E-state index is 0.111. The summed E-state index contributed by atoms with van der Waals surface area (Å²) >= 11 is 0. The Hall–Kier alpha value is -1.91. The van der Waals surface area contributed by atoms with Gasteiger partial charge in [-0.05, 0) is 25.0 Å². The summed E-state index contributed by atoms with van der Waals surface area (Å²) < 4.78 is 0. The van der Waals surface area contributed by atoms with Crippen LogP contribution in [0.5, 0.6) is 5.75 Å². The van der Waals surface area contributed by atoms with E-state index in [-0.39, 0.29) is 11.8 Å². The summed E-state index contributed by atoms with van der Waals surface area (Å²) in [7, 11) is 3.74. The smallest absolute Gasteiger partial charge is 0.319 e. The molecule has 1 aromatic carbocycles. The number of aryl methyl sites for hydroxylation is 1. The van der Waals surface area contributed by atoms with Crippen molar-refractivity contribution in [1.82, 2.24) is 5.32 Å². The van der Waals surface area contributed by atoms with Crippen molar-refractivity contribution in [2.75, 3.05) is 30.9 Å². The first-order chi connectivity index (χ1) is 9.47. The van der Waals surface area contributed by atoms with E-state index >= 15 is 0 Å².